The number of carbonyl (C=O) groups is 1. The molecule has 2 unspecified atom stereocenters. The van der Waals surface area contributed by atoms with Crippen molar-refractivity contribution in [3.63, 3.8) is 0 Å². The van der Waals surface area contributed by atoms with E-state index in [4.69, 9.17) is 14.5 Å². The van der Waals surface area contributed by atoms with Gasteiger partial charge in [-0.25, -0.2) is 9.36 Å². The van der Waals surface area contributed by atoms with Crippen molar-refractivity contribution in [2.24, 2.45) is 0 Å². The molecule has 0 aliphatic carbocycles. The number of phosphoric acid groups is 1. The monoisotopic (exact) mass is 292 g/mol. The fourth-order valence-electron chi connectivity index (χ4n) is 2.06. The third kappa shape index (κ3) is 4.02. The molecular weight excluding hydrogens is 275 g/mol. The van der Waals surface area contributed by atoms with E-state index in [1.54, 1.807) is 6.20 Å². The normalized spacial score (nSPS) is 28.3. The highest BCUT2D eigenvalue weighted by molar-refractivity contribution is 7.46. The van der Waals surface area contributed by atoms with Crippen molar-refractivity contribution in [3.05, 3.63) is 11.8 Å². The summed E-state index contributed by atoms with van der Waals surface area (Å²) >= 11 is 0. The van der Waals surface area contributed by atoms with E-state index in [0.29, 0.717) is 19.4 Å². The topological polar surface area (TPSA) is 108 Å². The van der Waals surface area contributed by atoms with Crippen LogP contribution in [0, 0.1) is 0 Å². The Bertz CT molecular complexity index is 434. The van der Waals surface area contributed by atoms with E-state index < -0.39 is 20.2 Å². The van der Waals surface area contributed by atoms with Gasteiger partial charge in [0.15, 0.2) is 0 Å². The maximum atomic E-state index is 11.7. The van der Waals surface area contributed by atoms with Crippen LogP contribution < -0.4 is 5.32 Å². The first-order chi connectivity index (χ1) is 8.85. The zero-order valence-corrected chi connectivity index (χ0v) is 11.4. The Morgan fingerprint density at radius 3 is 3.00 bits per heavy atom. The van der Waals surface area contributed by atoms with E-state index in [-0.39, 0.29) is 12.6 Å². The van der Waals surface area contributed by atoms with Crippen LogP contribution in [0.3, 0.4) is 0 Å². The van der Waals surface area contributed by atoms with Crippen molar-refractivity contribution in [1.82, 2.24) is 10.2 Å². The summed E-state index contributed by atoms with van der Waals surface area (Å²) in [5, 5.41) is 2.71. The van der Waals surface area contributed by atoms with E-state index in [2.05, 4.69) is 9.84 Å². The van der Waals surface area contributed by atoms with Gasteiger partial charge in [0.05, 0.1) is 12.7 Å². The number of amides is 2. The molecule has 0 spiro atoms. The van der Waals surface area contributed by atoms with E-state index in [0.717, 1.165) is 5.57 Å². The van der Waals surface area contributed by atoms with Crippen LogP contribution in [0.4, 0.5) is 4.79 Å². The molecule has 19 heavy (non-hydrogen) atoms. The Morgan fingerprint density at radius 1 is 1.58 bits per heavy atom. The summed E-state index contributed by atoms with van der Waals surface area (Å²) in [5.41, 5.74) is 1.01. The molecule has 0 aromatic carbocycles. The third-order valence-corrected chi connectivity index (χ3v) is 3.42. The molecule has 2 aliphatic rings. The number of nitrogens with one attached hydrogen (secondary N) is 1. The fourth-order valence-corrected chi connectivity index (χ4v) is 2.42. The minimum absolute atomic E-state index is 0.182. The van der Waals surface area contributed by atoms with E-state index >= 15 is 0 Å². The molecule has 9 heteroatoms. The number of carbonyl (C=O) groups excluding carboxylic acids is 1. The van der Waals surface area contributed by atoms with Crippen LogP contribution in [-0.2, 0) is 13.8 Å². The predicted molar refractivity (Wildman–Crippen MR) is 64.9 cm³/mol. The number of hydrogen-bond donors (Lipinski definition) is 3. The van der Waals surface area contributed by atoms with Gasteiger partial charge in [-0.1, -0.05) is 0 Å². The SMILES string of the molecule is CC1=CN(C2CCC(COP(=O)(O)O)O2)C(=O)NC1. The van der Waals surface area contributed by atoms with Crippen molar-refractivity contribution in [3.8, 4) is 0 Å². The zero-order valence-electron chi connectivity index (χ0n) is 10.5. The van der Waals surface area contributed by atoms with Gasteiger partial charge < -0.3 is 19.8 Å². The lowest BCUT2D eigenvalue weighted by atomic mass is 10.2. The molecule has 0 aromatic rings. The number of ether oxygens (including phenoxy) is 1. The predicted octanol–water partition coefficient (Wildman–Crippen LogP) is 0.530. The number of rotatable bonds is 4. The molecular formula is C10H17N2O6P. The third-order valence-electron chi connectivity index (χ3n) is 2.94. The molecule has 0 aromatic heterocycles. The average molecular weight is 292 g/mol. The van der Waals surface area contributed by atoms with Crippen molar-refractivity contribution in [2.75, 3.05) is 13.2 Å². The molecule has 2 atom stereocenters. The van der Waals surface area contributed by atoms with Crippen LogP contribution in [0.2, 0.25) is 0 Å². The second kappa shape index (κ2) is 5.60. The lowest BCUT2D eigenvalue weighted by Crippen LogP contribution is -2.46. The highest BCUT2D eigenvalue weighted by Gasteiger charge is 2.34. The summed E-state index contributed by atoms with van der Waals surface area (Å²) in [6, 6.07) is -0.229. The molecule has 2 amide bonds. The first-order valence-electron chi connectivity index (χ1n) is 5.94. The summed E-state index contributed by atoms with van der Waals surface area (Å²) in [7, 11) is -4.48. The van der Waals surface area contributed by atoms with Gasteiger partial charge in [-0.15, -0.1) is 0 Å². The summed E-state index contributed by atoms with van der Waals surface area (Å²) in [4.78, 5) is 30.4. The number of urea groups is 1. The second-order valence-corrected chi connectivity index (χ2v) is 5.86. The fraction of sp³-hybridized carbons (Fsp3) is 0.700. The van der Waals surface area contributed by atoms with E-state index in [9.17, 15) is 9.36 Å². The molecule has 0 saturated carbocycles. The van der Waals surface area contributed by atoms with Gasteiger partial charge in [0, 0.05) is 12.7 Å². The number of phosphoric ester groups is 1. The summed E-state index contributed by atoms with van der Waals surface area (Å²) < 4.78 is 20.6. The molecule has 108 valence electrons. The van der Waals surface area contributed by atoms with Crippen molar-refractivity contribution in [1.29, 1.82) is 0 Å². The van der Waals surface area contributed by atoms with E-state index in [1.807, 2.05) is 6.92 Å². The number of hydrogen-bond acceptors (Lipinski definition) is 4. The maximum Gasteiger partial charge on any atom is 0.469 e. The van der Waals surface area contributed by atoms with Crippen molar-refractivity contribution >= 4 is 13.9 Å². The van der Waals surface area contributed by atoms with Gasteiger partial charge in [0.1, 0.15) is 6.23 Å². The first-order valence-corrected chi connectivity index (χ1v) is 7.47. The molecule has 1 fully saturated rings. The second-order valence-electron chi connectivity index (χ2n) is 4.62. The lowest BCUT2D eigenvalue weighted by Gasteiger charge is -2.29. The molecule has 0 bridgehead atoms. The quantitative estimate of drug-likeness (QED) is 0.652. The van der Waals surface area contributed by atoms with Crippen LogP contribution >= 0.6 is 7.82 Å². The van der Waals surface area contributed by atoms with Gasteiger partial charge in [-0.05, 0) is 25.3 Å². The largest absolute Gasteiger partial charge is 0.469 e. The minimum atomic E-state index is -4.48. The van der Waals surface area contributed by atoms with Crippen molar-refractivity contribution in [2.45, 2.75) is 32.1 Å². The van der Waals surface area contributed by atoms with Crippen molar-refractivity contribution < 1.29 is 28.4 Å². The minimum Gasteiger partial charge on any atom is -0.352 e. The van der Waals surface area contributed by atoms with Crippen LogP contribution in [-0.4, -0.2) is 46.2 Å². The highest BCUT2D eigenvalue weighted by atomic mass is 31.2. The summed E-state index contributed by atoms with van der Waals surface area (Å²) in [5.74, 6) is 0. The van der Waals surface area contributed by atoms with Gasteiger partial charge >= 0.3 is 13.9 Å². The van der Waals surface area contributed by atoms with Crippen LogP contribution in [0.15, 0.2) is 11.8 Å². The Hall–Kier alpha value is -0.920. The lowest BCUT2D eigenvalue weighted by molar-refractivity contribution is -0.0366. The van der Waals surface area contributed by atoms with Crippen LogP contribution in [0.1, 0.15) is 19.8 Å². The average Bonchev–Trinajstić information content (AvgIpc) is 2.77. The first kappa shape index (κ1) is 14.5. The Balaban J connectivity index is 1.89. The van der Waals surface area contributed by atoms with Gasteiger partial charge in [0.2, 0.25) is 0 Å². The standard InChI is InChI=1S/C10H17N2O6P/c1-7-4-11-10(13)12(5-7)9-3-2-8(18-9)6-17-19(14,15)16/h5,8-9H,2-4,6H2,1H3,(H,11,13)(H2,14,15,16). The molecule has 2 rings (SSSR count). The molecule has 3 N–H and O–H groups in total. The molecule has 2 heterocycles. The molecule has 1 saturated heterocycles. The summed E-state index contributed by atoms with van der Waals surface area (Å²) in [6.45, 7) is 2.24. The summed E-state index contributed by atoms with van der Waals surface area (Å²) in [6.07, 6.45) is 2.09. The smallest absolute Gasteiger partial charge is 0.352 e. The van der Waals surface area contributed by atoms with Gasteiger partial charge in [-0.2, -0.15) is 0 Å². The Kier molecular flexibility index (Phi) is 4.27. The van der Waals surface area contributed by atoms with Crippen LogP contribution in [0.5, 0.6) is 0 Å². The highest BCUT2D eigenvalue weighted by Crippen LogP contribution is 2.37. The van der Waals surface area contributed by atoms with Gasteiger partial charge in [-0.3, -0.25) is 9.42 Å². The van der Waals surface area contributed by atoms with Crippen LogP contribution in [0.25, 0.3) is 0 Å². The molecule has 8 nitrogen and oxygen atoms in total. The Morgan fingerprint density at radius 2 is 2.32 bits per heavy atom. The zero-order chi connectivity index (χ0) is 14.0. The maximum absolute atomic E-state index is 11.7. The van der Waals surface area contributed by atoms with E-state index in [1.165, 1.54) is 4.90 Å². The van der Waals surface area contributed by atoms with Gasteiger partial charge in [0.25, 0.3) is 0 Å². The molecule has 2 aliphatic heterocycles. The Labute approximate surface area is 110 Å². The number of nitrogens with zero attached hydrogens (tertiary/aromatic N) is 1. The molecule has 0 radical (unpaired) electrons.